The molecule has 0 bridgehead atoms. The Labute approximate surface area is 170 Å². The highest BCUT2D eigenvalue weighted by atomic mass is 35.5. The van der Waals surface area contributed by atoms with Gasteiger partial charge in [-0.25, -0.2) is 4.98 Å². The fourth-order valence-electron chi connectivity index (χ4n) is 3.29. The first-order chi connectivity index (χ1) is 13.4. The third-order valence-electron chi connectivity index (χ3n) is 5.06. The van der Waals surface area contributed by atoms with Crippen LogP contribution in [0.1, 0.15) is 19.8 Å². The molecule has 6 nitrogen and oxygen atoms in total. The number of rotatable bonds is 5. The Morgan fingerprint density at radius 2 is 2.14 bits per heavy atom. The number of hydrogen-bond acceptors (Lipinski definition) is 5. The minimum atomic E-state index is -0.894. The Hall–Kier alpha value is -2.69. The van der Waals surface area contributed by atoms with Crippen LogP contribution in [0.25, 0.3) is 21.3 Å². The Balaban J connectivity index is 1.65. The monoisotopic (exact) mass is 412 g/mol. The molecular formula is C20H17ClN4O2S. The second-order valence-corrected chi connectivity index (χ2v) is 8.45. The first-order valence-corrected chi connectivity index (χ1v) is 10.1. The van der Waals surface area contributed by atoms with Gasteiger partial charge in [0.15, 0.2) is 0 Å². The van der Waals surface area contributed by atoms with E-state index in [0.717, 1.165) is 24.0 Å². The summed E-state index contributed by atoms with van der Waals surface area (Å²) < 4.78 is 1.29. The number of hydrogen-bond donors (Lipinski definition) is 1. The van der Waals surface area contributed by atoms with Crippen molar-refractivity contribution in [2.45, 2.75) is 31.8 Å². The summed E-state index contributed by atoms with van der Waals surface area (Å²) >= 11 is 7.33. The van der Waals surface area contributed by atoms with Gasteiger partial charge in [0, 0.05) is 16.0 Å². The van der Waals surface area contributed by atoms with Crippen LogP contribution in [0, 0.1) is 17.2 Å². The normalized spacial score (nSPS) is 15.8. The fraction of sp³-hybridized carbons (Fsp3) is 0.300. The van der Waals surface area contributed by atoms with Gasteiger partial charge in [-0.2, -0.15) is 5.26 Å². The fourth-order valence-corrected chi connectivity index (χ4v) is 4.32. The summed E-state index contributed by atoms with van der Waals surface area (Å²) in [6.07, 6.45) is 3.24. The van der Waals surface area contributed by atoms with Crippen molar-refractivity contribution in [3.63, 3.8) is 0 Å². The van der Waals surface area contributed by atoms with Gasteiger partial charge in [-0.05, 0) is 43.4 Å². The summed E-state index contributed by atoms with van der Waals surface area (Å²) in [5.74, 6) is -0.199. The van der Waals surface area contributed by atoms with Crippen LogP contribution in [-0.4, -0.2) is 21.0 Å². The summed E-state index contributed by atoms with van der Waals surface area (Å²) in [6.45, 7) is 1.55. The molecule has 1 amide bonds. The predicted octanol–water partition coefficient (Wildman–Crippen LogP) is 3.59. The maximum absolute atomic E-state index is 13.0. The van der Waals surface area contributed by atoms with Gasteiger partial charge in [0.05, 0.1) is 17.8 Å². The first kappa shape index (κ1) is 18.7. The standard InChI is InChI=1S/C20H17ClN4O2S/c1-20(10-22,13-4-5-13)24-16(26)8-25-11-23-18-17(19(25)27)15(9-28-18)12-2-6-14(21)7-3-12/h2-3,6-7,9,11,13H,4-5,8H2,1H3,(H,24,26)/t20-/m0/s1. The van der Waals surface area contributed by atoms with Gasteiger partial charge in [-0.15, -0.1) is 11.3 Å². The van der Waals surface area contributed by atoms with E-state index in [1.807, 2.05) is 17.5 Å². The van der Waals surface area contributed by atoms with Gasteiger partial charge in [0.25, 0.3) is 5.56 Å². The minimum Gasteiger partial charge on any atom is -0.336 e. The molecule has 0 saturated heterocycles. The minimum absolute atomic E-state index is 0.173. The number of benzene rings is 1. The lowest BCUT2D eigenvalue weighted by Gasteiger charge is -2.23. The van der Waals surface area contributed by atoms with E-state index in [1.165, 1.54) is 22.2 Å². The van der Waals surface area contributed by atoms with Crippen LogP contribution in [-0.2, 0) is 11.3 Å². The van der Waals surface area contributed by atoms with Crippen molar-refractivity contribution >= 4 is 39.1 Å². The number of halogens is 1. The molecule has 1 aliphatic carbocycles. The molecule has 0 radical (unpaired) electrons. The topological polar surface area (TPSA) is 87.8 Å². The maximum atomic E-state index is 13.0. The molecule has 28 heavy (non-hydrogen) atoms. The van der Waals surface area contributed by atoms with E-state index in [4.69, 9.17) is 11.6 Å². The van der Waals surface area contributed by atoms with Gasteiger partial charge in [-0.1, -0.05) is 23.7 Å². The molecule has 1 aromatic carbocycles. The molecule has 4 rings (SSSR count). The Morgan fingerprint density at radius 1 is 1.43 bits per heavy atom. The summed E-state index contributed by atoms with van der Waals surface area (Å²) in [6, 6.07) is 9.42. The molecule has 1 fully saturated rings. The summed E-state index contributed by atoms with van der Waals surface area (Å²) in [7, 11) is 0. The molecule has 0 spiro atoms. The second kappa shape index (κ2) is 7.04. The van der Waals surface area contributed by atoms with E-state index < -0.39 is 5.54 Å². The number of aromatic nitrogens is 2. The van der Waals surface area contributed by atoms with Crippen molar-refractivity contribution in [3.8, 4) is 17.2 Å². The van der Waals surface area contributed by atoms with E-state index in [0.29, 0.717) is 15.2 Å². The van der Waals surface area contributed by atoms with Gasteiger partial charge < -0.3 is 5.32 Å². The van der Waals surface area contributed by atoms with Crippen LogP contribution < -0.4 is 10.9 Å². The summed E-state index contributed by atoms with van der Waals surface area (Å²) in [4.78, 5) is 30.5. The van der Waals surface area contributed by atoms with Crippen molar-refractivity contribution in [3.05, 3.63) is 51.3 Å². The van der Waals surface area contributed by atoms with Crippen LogP contribution in [0.5, 0.6) is 0 Å². The molecule has 0 unspecified atom stereocenters. The van der Waals surface area contributed by atoms with E-state index in [1.54, 1.807) is 19.1 Å². The van der Waals surface area contributed by atoms with Gasteiger partial charge in [-0.3, -0.25) is 14.2 Å². The number of nitriles is 1. The molecule has 2 aromatic heterocycles. The third kappa shape index (κ3) is 3.41. The largest absolute Gasteiger partial charge is 0.336 e. The maximum Gasteiger partial charge on any atom is 0.263 e. The van der Waals surface area contributed by atoms with Crippen LogP contribution >= 0.6 is 22.9 Å². The Bertz CT molecular complexity index is 1160. The third-order valence-corrected chi connectivity index (χ3v) is 6.19. The molecule has 8 heteroatoms. The average molecular weight is 413 g/mol. The highest BCUT2D eigenvalue weighted by molar-refractivity contribution is 7.17. The van der Waals surface area contributed by atoms with Crippen molar-refractivity contribution in [2.75, 3.05) is 0 Å². The zero-order chi connectivity index (χ0) is 19.9. The van der Waals surface area contributed by atoms with Crippen LogP contribution in [0.4, 0.5) is 0 Å². The van der Waals surface area contributed by atoms with Gasteiger partial charge in [0.2, 0.25) is 5.91 Å². The lowest BCUT2D eigenvalue weighted by molar-refractivity contribution is -0.123. The van der Waals surface area contributed by atoms with Crippen LogP contribution in [0.2, 0.25) is 5.02 Å². The second-order valence-electron chi connectivity index (χ2n) is 7.15. The van der Waals surface area contributed by atoms with Crippen molar-refractivity contribution in [2.24, 2.45) is 5.92 Å². The molecule has 1 atom stereocenters. The van der Waals surface area contributed by atoms with Crippen molar-refractivity contribution in [1.29, 1.82) is 5.26 Å². The molecule has 1 saturated carbocycles. The number of amides is 1. The first-order valence-electron chi connectivity index (χ1n) is 8.86. The number of carbonyl (C=O) groups is 1. The van der Waals surface area contributed by atoms with E-state index in [9.17, 15) is 14.9 Å². The van der Waals surface area contributed by atoms with Gasteiger partial charge in [0.1, 0.15) is 16.9 Å². The number of fused-ring (bicyclic) bond motifs is 1. The number of thiophene rings is 1. The average Bonchev–Trinajstić information content (AvgIpc) is 3.45. The van der Waals surface area contributed by atoms with Crippen LogP contribution in [0.15, 0.2) is 40.8 Å². The number of carbonyl (C=O) groups excluding carboxylic acids is 1. The van der Waals surface area contributed by atoms with Crippen molar-refractivity contribution in [1.82, 2.24) is 14.9 Å². The van der Waals surface area contributed by atoms with E-state index in [2.05, 4.69) is 16.4 Å². The van der Waals surface area contributed by atoms with Gasteiger partial charge >= 0.3 is 0 Å². The highest BCUT2D eigenvalue weighted by Crippen LogP contribution is 2.39. The lowest BCUT2D eigenvalue weighted by atomic mass is 9.98. The smallest absolute Gasteiger partial charge is 0.263 e. The van der Waals surface area contributed by atoms with E-state index in [-0.39, 0.29) is 23.9 Å². The number of nitrogens with one attached hydrogen (secondary N) is 1. The molecule has 2 heterocycles. The Kier molecular flexibility index (Phi) is 4.69. The highest BCUT2D eigenvalue weighted by Gasteiger charge is 2.43. The van der Waals surface area contributed by atoms with Crippen LogP contribution in [0.3, 0.4) is 0 Å². The lowest BCUT2D eigenvalue weighted by Crippen LogP contribution is -2.48. The van der Waals surface area contributed by atoms with E-state index >= 15 is 0 Å². The Morgan fingerprint density at radius 3 is 2.79 bits per heavy atom. The molecule has 1 aliphatic rings. The number of nitrogens with zero attached hydrogens (tertiary/aromatic N) is 3. The molecular weight excluding hydrogens is 396 g/mol. The molecule has 3 aromatic rings. The quantitative estimate of drug-likeness (QED) is 0.693. The summed E-state index contributed by atoms with van der Waals surface area (Å²) in [5, 5.41) is 15.2. The zero-order valence-electron chi connectivity index (χ0n) is 15.1. The molecule has 1 N–H and O–H groups in total. The molecule has 0 aliphatic heterocycles. The SMILES string of the molecule is C[C@@](C#N)(NC(=O)Cn1cnc2scc(-c3ccc(Cl)cc3)c2c1=O)C1CC1. The zero-order valence-corrected chi connectivity index (χ0v) is 16.7. The summed E-state index contributed by atoms with van der Waals surface area (Å²) in [5.41, 5.74) is 0.456. The molecule has 142 valence electrons. The van der Waals surface area contributed by atoms with Crippen molar-refractivity contribution < 1.29 is 4.79 Å². The predicted molar refractivity (Wildman–Crippen MR) is 109 cm³/mol.